The van der Waals surface area contributed by atoms with Crippen LogP contribution in [0.2, 0.25) is 0 Å². The second kappa shape index (κ2) is 5.85. The van der Waals surface area contributed by atoms with Crippen LogP contribution in [0, 0.1) is 5.82 Å². The third-order valence-corrected chi connectivity index (χ3v) is 2.99. The van der Waals surface area contributed by atoms with E-state index in [0.717, 1.165) is 5.56 Å². The van der Waals surface area contributed by atoms with Crippen molar-refractivity contribution in [1.82, 2.24) is 0 Å². The first kappa shape index (κ1) is 13.6. The Labute approximate surface area is 112 Å². The van der Waals surface area contributed by atoms with Crippen LogP contribution in [-0.2, 0) is 0 Å². The third kappa shape index (κ3) is 3.32. The molecule has 100 valence electrons. The number of rotatable bonds is 4. The summed E-state index contributed by atoms with van der Waals surface area (Å²) < 4.78 is 19.0. The van der Waals surface area contributed by atoms with Crippen molar-refractivity contribution in [2.24, 2.45) is 0 Å². The van der Waals surface area contributed by atoms with Gasteiger partial charge in [-0.25, -0.2) is 4.39 Å². The Morgan fingerprint density at radius 1 is 1.05 bits per heavy atom. The summed E-state index contributed by atoms with van der Waals surface area (Å²) in [6.07, 6.45) is -0.933. The molecule has 2 atom stereocenters. The summed E-state index contributed by atoms with van der Waals surface area (Å²) in [4.78, 5) is 0. The lowest BCUT2D eigenvalue weighted by Gasteiger charge is -2.19. The normalized spacial score (nSPS) is 13.9. The van der Waals surface area contributed by atoms with Crippen LogP contribution in [0.25, 0.3) is 0 Å². The van der Waals surface area contributed by atoms with Crippen molar-refractivity contribution < 1.29 is 14.2 Å². The van der Waals surface area contributed by atoms with Crippen molar-refractivity contribution in [2.75, 3.05) is 0 Å². The minimum atomic E-state index is -0.770. The Morgan fingerprint density at radius 3 is 2.37 bits per heavy atom. The molecule has 0 saturated heterocycles. The number of aliphatic hydroxyl groups excluding tert-OH is 1. The summed E-state index contributed by atoms with van der Waals surface area (Å²) in [5.74, 6) is 0.128. The van der Waals surface area contributed by atoms with Gasteiger partial charge in [0.2, 0.25) is 0 Å². The van der Waals surface area contributed by atoms with Crippen LogP contribution in [0.1, 0.15) is 37.2 Å². The SMILES string of the molecule is CC(O)c1cc(F)ccc1OC(C)c1ccccc1. The van der Waals surface area contributed by atoms with Gasteiger partial charge in [0.25, 0.3) is 0 Å². The largest absolute Gasteiger partial charge is 0.486 e. The van der Waals surface area contributed by atoms with Crippen LogP contribution in [0.15, 0.2) is 48.5 Å². The molecule has 0 bridgehead atoms. The molecule has 0 aliphatic carbocycles. The van der Waals surface area contributed by atoms with E-state index in [4.69, 9.17) is 4.74 Å². The molecule has 2 aromatic carbocycles. The summed E-state index contributed by atoms with van der Waals surface area (Å²) >= 11 is 0. The molecule has 0 heterocycles. The van der Waals surface area contributed by atoms with Crippen LogP contribution in [-0.4, -0.2) is 5.11 Å². The molecule has 0 amide bonds. The Kier molecular flexibility index (Phi) is 4.17. The van der Waals surface area contributed by atoms with Gasteiger partial charge < -0.3 is 9.84 Å². The number of halogens is 1. The Balaban J connectivity index is 2.24. The highest BCUT2D eigenvalue weighted by atomic mass is 19.1. The monoisotopic (exact) mass is 260 g/mol. The number of ether oxygens (including phenoxy) is 1. The van der Waals surface area contributed by atoms with Crippen molar-refractivity contribution in [2.45, 2.75) is 26.1 Å². The number of benzene rings is 2. The molecule has 0 aliphatic rings. The first-order valence-corrected chi connectivity index (χ1v) is 6.27. The van der Waals surface area contributed by atoms with Gasteiger partial charge in [-0.3, -0.25) is 0 Å². The average Bonchev–Trinajstić information content (AvgIpc) is 2.41. The molecule has 2 rings (SSSR count). The molecule has 0 aromatic heterocycles. The van der Waals surface area contributed by atoms with Crippen molar-refractivity contribution in [3.05, 3.63) is 65.5 Å². The van der Waals surface area contributed by atoms with Crippen molar-refractivity contribution in [1.29, 1.82) is 0 Å². The van der Waals surface area contributed by atoms with E-state index >= 15 is 0 Å². The zero-order chi connectivity index (χ0) is 13.8. The van der Waals surface area contributed by atoms with Crippen molar-refractivity contribution in [3.8, 4) is 5.75 Å². The summed E-state index contributed by atoms with van der Waals surface area (Å²) in [6.45, 7) is 3.51. The van der Waals surface area contributed by atoms with Gasteiger partial charge in [-0.2, -0.15) is 0 Å². The number of aliphatic hydroxyl groups is 1. The average molecular weight is 260 g/mol. The third-order valence-electron chi connectivity index (χ3n) is 2.99. The second-order valence-electron chi connectivity index (χ2n) is 4.53. The lowest BCUT2D eigenvalue weighted by atomic mass is 10.1. The van der Waals surface area contributed by atoms with Crippen molar-refractivity contribution >= 4 is 0 Å². The maximum Gasteiger partial charge on any atom is 0.126 e. The fourth-order valence-corrected chi connectivity index (χ4v) is 1.94. The minimum Gasteiger partial charge on any atom is -0.486 e. The summed E-state index contributed by atoms with van der Waals surface area (Å²) in [6, 6.07) is 13.9. The van der Waals surface area contributed by atoms with Gasteiger partial charge in [0.1, 0.15) is 17.7 Å². The van der Waals surface area contributed by atoms with Gasteiger partial charge in [0.15, 0.2) is 0 Å². The van der Waals surface area contributed by atoms with E-state index in [0.29, 0.717) is 11.3 Å². The van der Waals surface area contributed by atoms with E-state index in [1.165, 1.54) is 12.1 Å². The van der Waals surface area contributed by atoms with Crippen LogP contribution < -0.4 is 4.74 Å². The molecule has 2 nitrogen and oxygen atoms in total. The number of hydrogen-bond donors (Lipinski definition) is 1. The van der Waals surface area contributed by atoms with Crippen LogP contribution in [0.3, 0.4) is 0 Å². The summed E-state index contributed by atoms with van der Waals surface area (Å²) in [7, 11) is 0. The highest BCUT2D eigenvalue weighted by Gasteiger charge is 2.14. The molecule has 0 radical (unpaired) electrons. The van der Waals surface area contributed by atoms with Gasteiger partial charge in [-0.15, -0.1) is 0 Å². The van der Waals surface area contributed by atoms with Crippen LogP contribution in [0.5, 0.6) is 5.75 Å². The zero-order valence-corrected chi connectivity index (χ0v) is 11.0. The maximum atomic E-state index is 13.2. The Morgan fingerprint density at radius 2 is 1.74 bits per heavy atom. The molecule has 0 fully saturated rings. The van der Waals surface area contributed by atoms with Gasteiger partial charge >= 0.3 is 0 Å². The fourth-order valence-electron chi connectivity index (χ4n) is 1.94. The van der Waals surface area contributed by atoms with Crippen molar-refractivity contribution in [3.63, 3.8) is 0 Å². The molecule has 19 heavy (non-hydrogen) atoms. The molecule has 0 aliphatic heterocycles. The van der Waals surface area contributed by atoms with E-state index in [1.54, 1.807) is 13.0 Å². The first-order valence-electron chi connectivity index (χ1n) is 6.27. The number of hydrogen-bond acceptors (Lipinski definition) is 2. The molecule has 0 spiro atoms. The lowest BCUT2D eigenvalue weighted by Crippen LogP contribution is -2.06. The van der Waals surface area contributed by atoms with Gasteiger partial charge in [-0.1, -0.05) is 30.3 Å². The molecule has 3 heteroatoms. The van der Waals surface area contributed by atoms with Gasteiger partial charge in [0, 0.05) is 5.56 Å². The fraction of sp³-hybridized carbons (Fsp3) is 0.250. The summed E-state index contributed by atoms with van der Waals surface area (Å²) in [5.41, 5.74) is 1.49. The first-order chi connectivity index (χ1) is 9.08. The molecule has 1 N–H and O–H groups in total. The Hall–Kier alpha value is -1.87. The Bertz CT molecular complexity index is 538. The standard InChI is InChI=1S/C16H17FO2/c1-11(18)15-10-14(17)8-9-16(15)19-12(2)13-6-4-3-5-7-13/h3-12,18H,1-2H3. The summed E-state index contributed by atoms with van der Waals surface area (Å²) in [5, 5.41) is 9.67. The highest BCUT2D eigenvalue weighted by Crippen LogP contribution is 2.30. The molecular weight excluding hydrogens is 243 g/mol. The predicted molar refractivity (Wildman–Crippen MR) is 72.5 cm³/mol. The van der Waals surface area contributed by atoms with Gasteiger partial charge in [0.05, 0.1) is 6.10 Å². The second-order valence-corrected chi connectivity index (χ2v) is 4.53. The topological polar surface area (TPSA) is 29.5 Å². The van der Waals surface area contributed by atoms with Gasteiger partial charge in [-0.05, 0) is 37.6 Å². The van der Waals surface area contributed by atoms with E-state index in [-0.39, 0.29) is 11.9 Å². The molecule has 2 aromatic rings. The molecule has 0 saturated carbocycles. The van der Waals surface area contributed by atoms with E-state index in [1.807, 2.05) is 37.3 Å². The quantitative estimate of drug-likeness (QED) is 0.899. The zero-order valence-electron chi connectivity index (χ0n) is 11.0. The minimum absolute atomic E-state index is 0.163. The predicted octanol–water partition coefficient (Wildman–Crippen LogP) is 4.02. The van der Waals surface area contributed by atoms with Crippen LogP contribution >= 0.6 is 0 Å². The maximum absolute atomic E-state index is 13.2. The van der Waals surface area contributed by atoms with E-state index in [2.05, 4.69) is 0 Å². The van der Waals surface area contributed by atoms with Crippen LogP contribution in [0.4, 0.5) is 4.39 Å². The highest BCUT2D eigenvalue weighted by molar-refractivity contribution is 5.36. The van der Waals surface area contributed by atoms with E-state index in [9.17, 15) is 9.50 Å². The smallest absolute Gasteiger partial charge is 0.126 e. The molecular formula is C16H17FO2. The molecule has 2 unspecified atom stereocenters. The van der Waals surface area contributed by atoms with E-state index < -0.39 is 6.10 Å². The lowest BCUT2D eigenvalue weighted by molar-refractivity contribution is 0.178.